The Balaban J connectivity index is 3.96. The Morgan fingerprint density at radius 2 is 1.71 bits per heavy atom. The quantitative estimate of drug-likeness (QED) is 0.239. The Labute approximate surface area is 84.9 Å². The third-order valence-electron chi connectivity index (χ3n) is 0.635. The molecule has 86 valence electrons. The molecule has 0 saturated carbocycles. The molecule has 0 fully saturated rings. The highest BCUT2D eigenvalue weighted by Gasteiger charge is 2.27. The van der Waals surface area contributed by atoms with Crippen molar-refractivity contribution in [2.75, 3.05) is 0 Å². The first-order valence-electron chi connectivity index (χ1n) is 3.32. The molecule has 0 aliphatic heterocycles. The Hall–Kier alpha value is 0.570. The molecule has 11 heteroatoms. The van der Waals surface area contributed by atoms with Crippen LogP contribution in [0.3, 0.4) is 0 Å². The lowest BCUT2D eigenvalue weighted by Crippen LogP contribution is -2.07. The molecule has 0 aliphatic rings. The van der Waals surface area contributed by atoms with E-state index in [1.165, 1.54) is 0 Å². The molecule has 0 amide bonds. The zero-order valence-corrected chi connectivity index (χ0v) is 9.96. The van der Waals surface area contributed by atoms with Crippen molar-refractivity contribution in [2.45, 2.75) is 19.1 Å². The van der Waals surface area contributed by atoms with E-state index < -0.39 is 15.6 Å². The van der Waals surface area contributed by atoms with E-state index >= 15 is 0 Å². The van der Waals surface area contributed by atoms with E-state index in [1.807, 2.05) is 4.49 Å². The van der Waals surface area contributed by atoms with Gasteiger partial charge in [-0.15, -0.1) is 9.35 Å². The molecule has 0 aromatic heterocycles. The maximum absolute atomic E-state index is 10.9. The van der Waals surface area contributed by atoms with Gasteiger partial charge in [0.25, 0.3) is 0 Å². The lowest BCUT2D eigenvalue weighted by atomic mass is 10.6. The molecular formula is C3H11NO7P2S. The molecule has 0 aromatic rings. The van der Waals surface area contributed by atoms with E-state index in [9.17, 15) is 9.13 Å². The SMILES string of the molecule is CC(C)SNP(=O)(O)OOP(=O)(O)O. The van der Waals surface area contributed by atoms with Crippen LogP contribution in [0.4, 0.5) is 0 Å². The van der Waals surface area contributed by atoms with Gasteiger partial charge in [0.2, 0.25) is 0 Å². The smallest absolute Gasteiger partial charge is 0.310 e. The summed E-state index contributed by atoms with van der Waals surface area (Å²) >= 11 is 0.868. The lowest BCUT2D eigenvalue weighted by Gasteiger charge is -2.12. The summed E-state index contributed by atoms with van der Waals surface area (Å²) in [6, 6.07) is 0. The summed E-state index contributed by atoms with van der Waals surface area (Å²) in [6.07, 6.45) is 0. The maximum Gasteiger partial charge on any atom is 0.497 e. The van der Waals surface area contributed by atoms with Crippen LogP contribution >= 0.6 is 27.5 Å². The maximum atomic E-state index is 10.9. The summed E-state index contributed by atoms with van der Waals surface area (Å²) in [5.41, 5.74) is 0. The second kappa shape index (κ2) is 5.60. The predicted octanol–water partition coefficient (Wildman–Crippen LogP) is 0.774. The van der Waals surface area contributed by atoms with E-state index in [2.05, 4.69) is 9.35 Å². The summed E-state index contributed by atoms with van der Waals surface area (Å²) in [5, 5.41) is -0.00543. The van der Waals surface area contributed by atoms with E-state index in [-0.39, 0.29) is 5.25 Å². The van der Waals surface area contributed by atoms with Crippen molar-refractivity contribution in [3.8, 4) is 0 Å². The number of hydrogen-bond donors (Lipinski definition) is 4. The second-order valence-electron chi connectivity index (χ2n) is 2.42. The highest BCUT2D eigenvalue weighted by molar-refractivity contribution is 8.02. The van der Waals surface area contributed by atoms with Crippen molar-refractivity contribution in [1.82, 2.24) is 4.49 Å². The van der Waals surface area contributed by atoms with Gasteiger partial charge in [-0.3, -0.25) is 0 Å². The van der Waals surface area contributed by atoms with Gasteiger partial charge >= 0.3 is 15.6 Å². The predicted molar refractivity (Wildman–Crippen MR) is 49.9 cm³/mol. The molecule has 4 N–H and O–H groups in total. The number of rotatable bonds is 6. The normalized spacial score (nSPS) is 17.0. The van der Waals surface area contributed by atoms with Crippen LogP contribution in [0.15, 0.2) is 0 Å². The Bertz CT molecular complexity index is 264. The van der Waals surface area contributed by atoms with Crippen molar-refractivity contribution in [2.24, 2.45) is 0 Å². The zero-order chi connectivity index (χ0) is 11.4. The van der Waals surface area contributed by atoms with Gasteiger partial charge in [-0.05, 0) is 0 Å². The molecule has 1 atom stereocenters. The first-order valence-corrected chi connectivity index (χ1v) is 7.30. The van der Waals surface area contributed by atoms with Gasteiger partial charge in [0.15, 0.2) is 0 Å². The van der Waals surface area contributed by atoms with Crippen LogP contribution in [0.5, 0.6) is 0 Å². The van der Waals surface area contributed by atoms with Crippen LogP contribution in [-0.4, -0.2) is 19.9 Å². The molecule has 0 saturated heterocycles. The van der Waals surface area contributed by atoms with Gasteiger partial charge in [0.1, 0.15) is 0 Å². The summed E-state index contributed by atoms with van der Waals surface area (Å²) < 4.78 is 30.0. The van der Waals surface area contributed by atoms with Crippen molar-refractivity contribution < 1.29 is 33.2 Å². The van der Waals surface area contributed by atoms with Gasteiger partial charge in [-0.2, -0.15) is 4.49 Å². The molecule has 1 unspecified atom stereocenters. The number of phosphoric acid groups is 1. The van der Waals surface area contributed by atoms with E-state index in [4.69, 9.17) is 14.7 Å². The van der Waals surface area contributed by atoms with Crippen LogP contribution in [0.25, 0.3) is 0 Å². The molecule has 0 aromatic carbocycles. The zero-order valence-electron chi connectivity index (χ0n) is 7.35. The van der Waals surface area contributed by atoms with Crippen LogP contribution in [0.1, 0.15) is 13.8 Å². The number of nitrogens with one attached hydrogen (secondary N) is 1. The minimum atomic E-state index is -4.91. The Morgan fingerprint density at radius 3 is 2.07 bits per heavy atom. The van der Waals surface area contributed by atoms with Crippen molar-refractivity contribution in [3.05, 3.63) is 0 Å². The fourth-order valence-corrected chi connectivity index (χ4v) is 2.48. The first-order chi connectivity index (χ1) is 6.12. The Morgan fingerprint density at radius 1 is 1.21 bits per heavy atom. The van der Waals surface area contributed by atoms with Crippen molar-refractivity contribution >= 4 is 27.5 Å². The third-order valence-corrected chi connectivity index (χ3v) is 3.11. The molecule has 8 nitrogen and oxygen atoms in total. The van der Waals surface area contributed by atoms with Gasteiger partial charge in [-0.25, -0.2) is 9.13 Å². The third kappa shape index (κ3) is 9.14. The van der Waals surface area contributed by atoms with Crippen LogP contribution in [0.2, 0.25) is 0 Å². The highest BCUT2D eigenvalue weighted by Crippen LogP contribution is 2.47. The van der Waals surface area contributed by atoms with E-state index in [1.54, 1.807) is 13.8 Å². The summed E-state index contributed by atoms with van der Waals surface area (Å²) in [5.74, 6) is 0. The summed E-state index contributed by atoms with van der Waals surface area (Å²) in [7, 11) is -9.26. The highest BCUT2D eigenvalue weighted by atomic mass is 32.2. The van der Waals surface area contributed by atoms with Crippen molar-refractivity contribution in [1.29, 1.82) is 0 Å². The van der Waals surface area contributed by atoms with Crippen LogP contribution in [-0.2, 0) is 18.5 Å². The van der Waals surface area contributed by atoms with Gasteiger partial charge in [0.05, 0.1) is 0 Å². The molecule has 0 rings (SSSR count). The van der Waals surface area contributed by atoms with Crippen LogP contribution < -0.4 is 4.49 Å². The molecule has 0 spiro atoms. The molecule has 0 bridgehead atoms. The minimum absolute atomic E-state index is 0.00543. The second-order valence-corrected chi connectivity index (χ2v) is 6.65. The monoisotopic (exact) mass is 267 g/mol. The molecule has 0 aliphatic carbocycles. The molecular weight excluding hydrogens is 256 g/mol. The standard InChI is InChI=1S/C3H11NO7P2S/c1-3(2)14-4-12(5,6)10-11-13(7,8)9/h3H,1-2H3,(H2,4,5,6)(H2,7,8,9). The molecule has 14 heavy (non-hydrogen) atoms. The van der Waals surface area contributed by atoms with E-state index in [0.717, 1.165) is 11.9 Å². The fraction of sp³-hybridized carbons (Fsp3) is 1.00. The first kappa shape index (κ1) is 14.6. The van der Waals surface area contributed by atoms with Gasteiger partial charge in [-0.1, -0.05) is 25.8 Å². The van der Waals surface area contributed by atoms with Gasteiger partial charge < -0.3 is 14.7 Å². The van der Waals surface area contributed by atoms with Crippen LogP contribution in [0, 0.1) is 0 Å². The molecule has 0 heterocycles. The van der Waals surface area contributed by atoms with Crippen molar-refractivity contribution in [3.63, 3.8) is 0 Å². The summed E-state index contributed by atoms with van der Waals surface area (Å²) in [6.45, 7) is 3.48. The largest absolute Gasteiger partial charge is 0.497 e. The van der Waals surface area contributed by atoms with E-state index in [0.29, 0.717) is 0 Å². The minimum Gasteiger partial charge on any atom is -0.310 e. The van der Waals surface area contributed by atoms with Gasteiger partial charge in [0, 0.05) is 5.25 Å². The average Bonchev–Trinajstić information content (AvgIpc) is 1.97. The number of hydrogen-bond acceptors (Lipinski definition) is 5. The lowest BCUT2D eigenvalue weighted by molar-refractivity contribution is -0.131. The topological polar surface area (TPSA) is 125 Å². The summed E-state index contributed by atoms with van der Waals surface area (Å²) in [4.78, 5) is 25.2. The Kier molecular flexibility index (Phi) is 5.83. The molecule has 0 radical (unpaired) electrons. The average molecular weight is 267 g/mol. The fourth-order valence-electron chi connectivity index (χ4n) is 0.276.